The van der Waals surface area contributed by atoms with Crippen molar-refractivity contribution in [2.75, 3.05) is 21.3 Å². The molecular weight excluding hydrogens is 435 g/mol. The van der Waals surface area contributed by atoms with Crippen LogP contribution in [0.2, 0.25) is 0 Å². The average Bonchev–Trinajstić information content (AvgIpc) is 2.85. The van der Waals surface area contributed by atoms with Gasteiger partial charge in [0.05, 0.1) is 26.9 Å². The summed E-state index contributed by atoms with van der Waals surface area (Å²) in [6, 6.07) is 30.8. The normalized spacial score (nSPS) is 11.6. The molecule has 0 amide bonds. The highest BCUT2D eigenvalue weighted by atomic mass is 32.1. The summed E-state index contributed by atoms with van der Waals surface area (Å²) in [5.74, 6) is 2.40. The van der Waals surface area contributed by atoms with E-state index in [2.05, 4.69) is 42.5 Å². The predicted molar refractivity (Wildman–Crippen MR) is 137 cm³/mol. The topological polar surface area (TPSA) is 27.7 Å². The Morgan fingerprint density at radius 1 is 0.531 bits per heavy atom. The molecule has 32 heavy (non-hydrogen) atoms. The van der Waals surface area contributed by atoms with Crippen LogP contribution < -0.4 is 30.1 Å². The fourth-order valence-corrected chi connectivity index (χ4v) is 6.92. The molecule has 1 unspecified atom stereocenters. The molecule has 0 aliphatic heterocycles. The summed E-state index contributed by atoms with van der Waals surface area (Å²) in [5, 5.41) is 3.47. The van der Waals surface area contributed by atoms with E-state index in [1.165, 1.54) is 5.30 Å². The summed E-state index contributed by atoms with van der Waals surface area (Å²) in [5.41, 5.74) is 2.00. The zero-order chi connectivity index (χ0) is 22.5. The zero-order valence-electron chi connectivity index (χ0n) is 18.3. The SMILES string of the molecule is COc1ccccc1P(c1ccccc1S)c1ccccc1-c1c(OC)cccc1OC. The average molecular weight is 461 g/mol. The Bertz CT molecular complexity index is 1200. The van der Waals surface area contributed by atoms with Crippen LogP contribution >= 0.6 is 20.6 Å². The molecule has 0 fully saturated rings. The number of benzene rings is 4. The van der Waals surface area contributed by atoms with Gasteiger partial charge in [0.25, 0.3) is 0 Å². The van der Waals surface area contributed by atoms with Crippen molar-refractivity contribution in [3.05, 3.63) is 91.0 Å². The standard InChI is InChI=1S/C27H25O3PS/c1-28-20-12-5-7-16-24(20)31(25-17-8-9-18-26(25)32)23-15-6-4-11-19(23)27-21(29-2)13-10-14-22(27)30-3/h4-18,32H,1-3H3. The number of ether oxygens (including phenoxy) is 3. The Labute approximate surface area is 196 Å². The van der Waals surface area contributed by atoms with Gasteiger partial charge in [0.15, 0.2) is 0 Å². The second kappa shape index (κ2) is 10.1. The molecule has 0 N–H and O–H groups in total. The molecule has 4 aromatic rings. The van der Waals surface area contributed by atoms with E-state index in [0.717, 1.165) is 43.9 Å². The molecule has 3 nitrogen and oxygen atoms in total. The number of rotatable bonds is 7. The first-order valence-electron chi connectivity index (χ1n) is 10.2. The summed E-state index contributed by atoms with van der Waals surface area (Å²) in [7, 11) is 4.11. The van der Waals surface area contributed by atoms with Gasteiger partial charge in [-0.1, -0.05) is 66.7 Å². The van der Waals surface area contributed by atoms with Crippen molar-refractivity contribution in [2.24, 2.45) is 0 Å². The van der Waals surface area contributed by atoms with Crippen molar-refractivity contribution in [1.29, 1.82) is 0 Å². The minimum Gasteiger partial charge on any atom is -0.496 e. The third kappa shape index (κ3) is 4.21. The first kappa shape index (κ1) is 22.3. The molecule has 4 rings (SSSR count). The third-order valence-corrected chi connectivity index (χ3v) is 8.45. The van der Waals surface area contributed by atoms with Crippen molar-refractivity contribution < 1.29 is 14.2 Å². The molecule has 0 radical (unpaired) electrons. The highest BCUT2D eigenvalue weighted by Gasteiger charge is 2.26. The van der Waals surface area contributed by atoms with Crippen molar-refractivity contribution in [3.8, 4) is 28.4 Å². The van der Waals surface area contributed by atoms with Gasteiger partial charge < -0.3 is 14.2 Å². The molecule has 0 saturated heterocycles. The number of hydrogen-bond acceptors (Lipinski definition) is 4. The Kier molecular flexibility index (Phi) is 7.04. The maximum Gasteiger partial charge on any atom is 0.130 e. The Morgan fingerprint density at radius 2 is 1.03 bits per heavy atom. The first-order chi connectivity index (χ1) is 15.7. The van der Waals surface area contributed by atoms with Crippen molar-refractivity contribution in [3.63, 3.8) is 0 Å². The van der Waals surface area contributed by atoms with Gasteiger partial charge in [-0.05, 0) is 48.4 Å². The smallest absolute Gasteiger partial charge is 0.130 e. The van der Waals surface area contributed by atoms with Crippen molar-refractivity contribution in [1.82, 2.24) is 0 Å². The Morgan fingerprint density at radius 3 is 1.66 bits per heavy atom. The molecule has 162 valence electrons. The van der Waals surface area contributed by atoms with Crippen LogP contribution in [-0.4, -0.2) is 21.3 Å². The zero-order valence-corrected chi connectivity index (χ0v) is 20.1. The summed E-state index contributed by atoms with van der Waals surface area (Å²) in [6.45, 7) is 0. The van der Waals surface area contributed by atoms with Gasteiger partial charge in [0.1, 0.15) is 17.2 Å². The van der Waals surface area contributed by atoms with E-state index in [1.807, 2.05) is 48.5 Å². The van der Waals surface area contributed by atoms with Crippen LogP contribution in [0.5, 0.6) is 17.2 Å². The minimum absolute atomic E-state index is 0.769. The Balaban J connectivity index is 2.05. The van der Waals surface area contributed by atoms with E-state index in [1.54, 1.807) is 21.3 Å². The third-order valence-electron chi connectivity index (χ3n) is 5.29. The summed E-state index contributed by atoms with van der Waals surface area (Å²) >= 11 is 4.83. The van der Waals surface area contributed by atoms with E-state index < -0.39 is 7.92 Å². The van der Waals surface area contributed by atoms with Crippen LogP contribution in [0.4, 0.5) is 0 Å². The molecule has 0 aromatic heterocycles. The van der Waals surface area contributed by atoms with E-state index in [0.29, 0.717) is 0 Å². The molecule has 5 heteroatoms. The van der Waals surface area contributed by atoms with Gasteiger partial charge in [0.2, 0.25) is 0 Å². The molecule has 0 bridgehead atoms. The molecule has 0 saturated carbocycles. The second-order valence-corrected chi connectivity index (χ2v) is 9.65. The monoisotopic (exact) mass is 460 g/mol. The number of thiol groups is 1. The van der Waals surface area contributed by atoms with Crippen LogP contribution in [0.3, 0.4) is 0 Å². The van der Waals surface area contributed by atoms with E-state index in [4.69, 9.17) is 26.8 Å². The van der Waals surface area contributed by atoms with Crippen LogP contribution in [0.25, 0.3) is 11.1 Å². The lowest BCUT2D eigenvalue weighted by atomic mass is 10.0. The van der Waals surface area contributed by atoms with E-state index in [9.17, 15) is 0 Å². The predicted octanol–water partition coefficient (Wildman–Crippen LogP) is 5.43. The summed E-state index contributed by atoms with van der Waals surface area (Å²) in [6.07, 6.45) is 0. The molecular formula is C27H25O3PS. The van der Waals surface area contributed by atoms with E-state index in [-0.39, 0.29) is 0 Å². The number of hydrogen-bond donors (Lipinski definition) is 1. The minimum atomic E-state index is -0.985. The van der Waals surface area contributed by atoms with Gasteiger partial charge in [-0.15, -0.1) is 12.6 Å². The lowest BCUT2D eigenvalue weighted by Gasteiger charge is -2.26. The van der Waals surface area contributed by atoms with Crippen LogP contribution in [0, 0.1) is 0 Å². The summed E-state index contributed by atoms with van der Waals surface area (Å²) < 4.78 is 17.3. The lowest BCUT2D eigenvalue weighted by Crippen LogP contribution is -2.24. The van der Waals surface area contributed by atoms with Crippen molar-refractivity contribution >= 4 is 36.5 Å². The van der Waals surface area contributed by atoms with Crippen LogP contribution in [0.1, 0.15) is 0 Å². The molecule has 1 atom stereocenters. The van der Waals surface area contributed by atoms with Gasteiger partial charge in [0, 0.05) is 10.2 Å². The maximum atomic E-state index is 5.79. The number of methoxy groups -OCH3 is 3. The molecule has 0 spiro atoms. The second-order valence-electron chi connectivity index (χ2n) is 7.05. The van der Waals surface area contributed by atoms with Gasteiger partial charge in [-0.3, -0.25) is 0 Å². The van der Waals surface area contributed by atoms with E-state index >= 15 is 0 Å². The summed E-state index contributed by atoms with van der Waals surface area (Å²) in [4.78, 5) is 0.950. The Hall–Kier alpha value is -2.94. The molecule has 0 aliphatic carbocycles. The maximum absolute atomic E-state index is 5.79. The highest BCUT2D eigenvalue weighted by Crippen LogP contribution is 2.45. The fraction of sp³-hybridized carbons (Fsp3) is 0.111. The fourth-order valence-electron chi connectivity index (χ4n) is 3.85. The van der Waals surface area contributed by atoms with Gasteiger partial charge in [-0.25, -0.2) is 0 Å². The largest absolute Gasteiger partial charge is 0.496 e. The van der Waals surface area contributed by atoms with Crippen LogP contribution in [0.15, 0.2) is 95.9 Å². The van der Waals surface area contributed by atoms with Crippen molar-refractivity contribution in [2.45, 2.75) is 4.90 Å². The highest BCUT2D eigenvalue weighted by molar-refractivity contribution is 7.84. The van der Waals surface area contributed by atoms with Gasteiger partial charge >= 0.3 is 0 Å². The number of para-hydroxylation sites is 1. The molecule has 0 aliphatic rings. The van der Waals surface area contributed by atoms with Gasteiger partial charge in [-0.2, -0.15) is 0 Å². The molecule has 4 aromatic carbocycles. The van der Waals surface area contributed by atoms with Crippen LogP contribution in [-0.2, 0) is 0 Å². The lowest BCUT2D eigenvalue weighted by molar-refractivity contribution is 0.397. The first-order valence-corrected chi connectivity index (χ1v) is 12.0. The quantitative estimate of drug-likeness (QED) is 0.295. The molecule has 0 heterocycles.